The second-order valence-corrected chi connectivity index (χ2v) is 9.12. The Morgan fingerprint density at radius 1 is 1.28 bits per heavy atom. The first-order valence-corrected chi connectivity index (χ1v) is 11.2. The number of nitrogens with zero attached hydrogens (tertiary/aromatic N) is 6. The van der Waals surface area contributed by atoms with Crippen LogP contribution in [-0.4, -0.2) is 48.5 Å². The number of carbonyl (C=O) groups excluding carboxylic acids is 1. The van der Waals surface area contributed by atoms with E-state index in [0.717, 1.165) is 29.8 Å². The summed E-state index contributed by atoms with van der Waals surface area (Å²) in [6, 6.07) is 0. The number of aryl methyl sites for hydroxylation is 2. The summed E-state index contributed by atoms with van der Waals surface area (Å²) in [7, 11) is 0. The number of likely N-dealkylation sites (tertiary alicyclic amines) is 1. The van der Waals surface area contributed by atoms with Gasteiger partial charge in [0.1, 0.15) is 0 Å². The van der Waals surface area contributed by atoms with Gasteiger partial charge in [-0.2, -0.15) is 18.2 Å². The summed E-state index contributed by atoms with van der Waals surface area (Å²) >= 11 is 1.36. The number of anilines is 1. The number of rotatable bonds is 5. The van der Waals surface area contributed by atoms with Gasteiger partial charge < -0.3 is 5.32 Å². The number of amides is 1. The minimum atomic E-state index is -4.67. The molecule has 0 spiro atoms. The van der Waals surface area contributed by atoms with Gasteiger partial charge in [0.15, 0.2) is 5.13 Å². The van der Waals surface area contributed by atoms with Crippen LogP contribution in [0.15, 0.2) is 5.38 Å². The normalized spacial score (nSPS) is 17.8. The molecule has 1 saturated heterocycles. The summed E-state index contributed by atoms with van der Waals surface area (Å²) in [4.78, 5) is 27.1. The van der Waals surface area contributed by atoms with E-state index in [1.807, 2.05) is 5.38 Å². The van der Waals surface area contributed by atoms with Gasteiger partial charge in [0.05, 0.1) is 12.1 Å². The molecule has 3 aromatic rings. The number of hydrogen-bond donors (Lipinski definition) is 1. The Hall–Kier alpha value is -2.60. The second-order valence-electron chi connectivity index (χ2n) is 8.26. The van der Waals surface area contributed by atoms with Crippen molar-refractivity contribution in [2.24, 2.45) is 5.92 Å². The molecular formula is C20H24F3N7OS. The Balaban J connectivity index is 1.44. The minimum absolute atomic E-state index is 0.0552. The monoisotopic (exact) mass is 467 g/mol. The van der Waals surface area contributed by atoms with Crippen molar-refractivity contribution >= 4 is 28.2 Å². The van der Waals surface area contributed by atoms with Crippen LogP contribution in [0.3, 0.4) is 0 Å². The summed E-state index contributed by atoms with van der Waals surface area (Å²) in [5.41, 5.74) is 2.25. The minimum Gasteiger partial charge on any atom is -0.302 e. The molecule has 12 heteroatoms. The van der Waals surface area contributed by atoms with Crippen molar-refractivity contribution in [1.82, 2.24) is 29.5 Å². The molecule has 0 saturated carbocycles. The van der Waals surface area contributed by atoms with E-state index in [1.165, 1.54) is 24.2 Å². The first kappa shape index (κ1) is 22.6. The largest absolute Gasteiger partial charge is 0.453 e. The number of hydrogen-bond acceptors (Lipinski definition) is 7. The number of carbonyl (C=O) groups is 1. The predicted octanol–water partition coefficient (Wildman–Crippen LogP) is 3.63. The van der Waals surface area contributed by atoms with E-state index in [1.54, 1.807) is 13.8 Å². The standard InChI is InChI=1S/C20H24F3N7OS/c1-11-5-4-6-29(8-11)9-14-10-32-19(25-14)26-16(31)7-15-12(2)24-18-27-17(20(21,22)23)28-30(18)13(15)3/h10-11H,4-9H2,1-3H3,(H,25,26,31)/t11-/m1/s1. The third-order valence-corrected chi connectivity index (χ3v) is 6.37. The van der Waals surface area contributed by atoms with Crippen molar-refractivity contribution in [3.05, 3.63) is 33.8 Å². The van der Waals surface area contributed by atoms with Crippen LogP contribution in [-0.2, 0) is 23.9 Å². The summed E-state index contributed by atoms with van der Waals surface area (Å²) in [6.45, 7) is 8.34. The van der Waals surface area contributed by atoms with E-state index in [9.17, 15) is 18.0 Å². The van der Waals surface area contributed by atoms with E-state index in [2.05, 4.69) is 37.2 Å². The lowest BCUT2D eigenvalue weighted by Crippen LogP contribution is -2.33. The molecule has 172 valence electrons. The number of aromatic nitrogens is 5. The molecule has 1 aliphatic heterocycles. The zero-order valence-corrected chi connectivity index (χ0v) is 18.8. The fourth-order valence-electron chi connectivity index (χ4n) is 4.00. The first-order chi connectivity index (χ1) is 15.1. The Bertz CT molecular complexity index is 1140. The molecule has 0 unspecified atom stereocenters. The van der Waals surface area contributed by atoms with Gasteiger partial charge in [-0.1, -0.05) is 6.92 Å². The van der Waals surface area contributed by atoms with Crippen LogP contribution in [0.5, 0.6) is 0 Å². The lowest BCUT2D eigenvalue weighted by Gasteiger charge is -2.30. The maximum Gasteiger partial charge on any atom is 0.453 e. The molecule has 4 heterocycles. The molecule has 32 heavy (non-hydrogen) atoms. The van der Waals surface area contributed by atoms with E-state index >= 15 is 0 Å². The Kier molecular flexibility index (Phi) is 6.17. The molecule has 0 bridgehead atoms. The third-order valence-electron chi connectivity index (χ3n) is 5.56. The molecule has 1 amide bonds. The number of alkyl halides is 3. The summed E-state index contributed by atoms with van der Waals surface area (Å²) in [5.74, 6) is -1.04. The average molecular weight is 468 g/mol. The first-order valence-electron chi connectivity index (χ1n) is 10.4. The van der Waals surface area contributed by atoms with E-state index in [4.69, 9.17) is 0 Å². The maximum absolute atomic E-state index is 12.9. The van der Waals surface area contributed by atoms with Crippen molar-refractivity contribution in [2.45, 2.75) is 52.8 Å². The fraction of sp³-hybridized carbons (Fsp3) is 0.550. The average Bonchev–Trinajstić information content (AvgIpc) is 3.32. The fourth-order valence-corrected chi connectivity index (χ4v) is 4.72. The SMILES string of the molecule is Cc1nc2nc(C(F)(F)F)nn2c(C)c1CC(=O)Nc1nc(CN2CCC[C@@H](C)C2)cs1. The van der Waals surface area contributed by atoms with E-state index in [-0.39, 0.29) is 18.1 Å². The number of halogens is 3. The smallest absolute Gasteiger partial charge is 0.302 e. The van der Waals surface area contributed by atoms with Gasteiger partial charge in [0.2, 0.25) is 5.91 Å². The number of nitrogens with one attached hydrogen (secondary N) is 1. The highest BCUT2D eigenvalue weighted by atomic mass is 32.1. The number of fused-ring (bicyclic) bond motifs is 1. The lowest BCUT2D eigenvalue weighted by atomic mass is 10.0. The highest BCUT2D eigenvalue weighted by molar-refractivity contribution is 7.13. The molecule has 1 atom stereocenters. The molecule has 1 fully saturated rings. The van der Waals surface area contributed by atoms with Crippen LogP contribution in [0, 0.1) is 19.8 Å². The molecule has 0 aliphatic carbocycles. The van der Waals surface area contributed by atoms with Crippen molar-refractivity contribution in [1.29, 1.82) is 0 Å². The van der Waals surface area contributed by atoms with E-state index < -0.39 is 12.0 Å². The summed E-state index contributed by atoms with van der Waals surface area (Å²) in [5, 5.41) is 8.73. The van der Waals surface area contributed by atoms with Crippen molar-refractivity contribution < 1.29 is 18.0 Å². The molecule has 8 nitrogen and oxygen atoms in total. The topological polar surface area (TPSA) is 88.3 Å². The Labute approximate surface area is 186 Å². The van der Waals surface area contributed by atoms with Gasteiger partial charge >= 0.3 is 6.18 Å². The van der Waals surface area contributed by atoms with E-state index in [0.29, 0.717) is 28.0 Å². The molecular weight excluding hydrogens is 443 g/mol. The zero-order chi connectivity index (χ0) is 23.0. The molecule has 0 aromatic carbocycles. The summed E-state index contributed by atoms with van der Waals surface area (Å²) in [6.07, 6.45) is -2.29. The maximum atomic E-state index is 12.9. The molecule has 0 radical (unpaired) electrons. The van der Waals surface area contributed by atoms with Gasteiger partial charge in [-0.05, 0) is 39.2 Å². The highest BCUT2D eigenvalue weighted by Crippen LogP contribution is 2.27. The second kappa shape index (κ2) is 8.74. The van der Waals surface area contributed by atoms with Crippen LogP contribution in [0.25, 0.3) is 5.78 Å². The van der Waals surface area contributed by atoms with Crippen LogP contribution >= 0.6 is 11.3 Å². The van der Waals surface area contributed by atoms with Crippen molar-refractivity contribution in [3.8, 4) is 0 Å². The molecule has 4 rings (SSSR count). The highest BCUT2D eigenvalue weighted by Gasteiger charge is 2.37. The van der Waals surface area contributed by atoms with Crippen LogP contribution < -0.4 is 5.32 Å². The van der Waals surface area contributed by atoms with Crippen LogP contribution in [0.2, 0.25) is 0 Å². The lowest BCUT2D eigenvalue weighted by molar-refractivity contribution is -0.144. The zero-order valence-electron chi connectivity index (χ0n) is 18.0. The van der Waals surface area contributed by atoms with Gasteiger partial charge in [-0.25, -0.2) is 14.5 Å². The Morgan fingerprint density at radius 2 is 2.06 bits per heavy atom. The number of piperidine rings is 1. The predicted molar refractivity (Wildman–Crippen MR) is 113 cm³/mol. The number of thiazole rings is 1. The summed E-state index contributed by atoms with van der Waals surface area (Å²) < 4.78 is 39.9. The van der Waals surface area contributed by atoms with Crippen LogP contribution in [0.4, 0.5) is 18.3 Å². The Morgan fingerprint density at radius 3 is 2.78 bits per heavy atom. The van der Waals surface area contributed by atoms with Gasteiger partial charge in [-0.15, -0.1) is 16.4 Å². The van der Waals surface area contributed by atoms with Gasteiger partial charge in [0, 0.05) is 35.4 Å². The van der Waals surface area contributed by atoms with Crippen LogP contribution in [0.1, 0.15) is 48.2 Å². The third kappa shape index (κ3) is 4.90. The molecule has 1 N–H and O–H groups in total. The van der Waals surface area contributed by atoms with Gasteiger partial charge in [-0.3, -0.25) is 9.69 Å². The quantitative estimate of drug-likeness (QED) is 0.617. The molecule has 1 aliphatic rings. The molecule has 3 aromatic heterocycles. The van der Waals surface area contributed by atoms with Crippen molar-refractivity contribution in [3.63, 3.8) is 0 Å². The van der Waals surface area contributed by atoms with Crippen molar-refractivity contribution in [2.75, 3.05) is 18.4 Å². The van der Waals surface area contributed by atoms with Gasteiger partial charge in [0.25, 0.3) is 11.6 Å².